The molecule has 0 saturated heterocycles. The van der Waals surface area contributed by atoms with Gasteiger partial charge in [0.25, 0.3) is 0 Å². The van der Waals surface area contributed by atoms with Gasteiger partial charge in [-0.05, 0) is 57.6 Å². The summed E-state index contributed by atoms with van der Waals surface area (Å²) in [7, 11) is 4.19. The van der Waals surface area contributed by atoms with Crippen LogP contribution in [0.3, 0.4) is 0 Å². The van der Waals surface area contributed by atoms with Crippen LogP contribution in [0.1, 0.15) is 17.4 Å². The maximum Gasteiger partial charge on any atom is 0.183 e. The van der Waals surface area contributed by atoms with Gasteiger partial charge in [-0.15, -0.1) is 0 Å². The molecule has 0 saturated carbocycles. The zero-order valence-electron chi connectivity index (χ0n) is 11.6. The predicted molar refractivity (Wildman–Crippen MR) is 88.7 cm³/mol. The summed E-state index contributed by atoms with van der Waals surface area (Å²) in [5.74, 6) is 0.911. The molecule has 0 fully saturated rings. The van der Waals surface area contributed by atoms with Gasteiger partial charge in [0.05, 0.1) is 11.0 Å². The molecule has 1 heterocycles. The van der Waals surface area contributed by atoms with E-state index >= 15 is 0 Å². The topological polar surface area (TPSA) is 28.4 Å². The van der Waals surface area contributed by atoms with Gasteiger partial charge in [0, 0.05) is 12.6 Å². The molecule has 0 amide bonds. The van der Waals surface area contributed by atoms with E-state index in [0.717, 1.165) is 21.4 Å². The summed E-state index contributed by atoms with van der Waals surface area (Å²) in [6, 6.07) is 12.8. The average molecular weight is 402 g/mol. The maximum absolute atomic E-state index is 5.56. The van der Waals surface area contributed by atoms with E-state index in [9.17, 15) is 0 Å². The second kappa shape index (κ2) is 7.41. The Hall–Kier alpha value is -0.620. The van der Waals surface area contributed by atoms with E-state index in [0.29, 0.717) is 12.6 Å². The van der Waals surface area contributed by atoms with Gasteiger partial charge in [0.2, 0.25) is 0 Å². The van der Waals surface area contributed by atoms with Crippen LogP contribution in [0.4, 0.5) is 0 Å². The summed E-state index contributed by atoms with van der Waals surface area (Å²) in [5, 5.41) is 3.45. The Labute approximate surface area is 136 Å². The molecule has 2 rings (SSSR count). The van der Waals surface area contributed by atoms with Crippen LogP contribution < -0.4 is 5.32 Å². The minimum absolute atomic E-state index is 0.345. The molecular formula is C15H18Br2N2O. The molecule has 0 aliphatic rings. The largest absolute Gasteiger partial charge is 0.452 e. The number of hydrogen-bond donors (Lipinski definition) is 1. The maximum atomic E-state index is 5.56. The standard InChI is InChI=1S/C15H18Br2N2O/c1-19(2)14(11-6-4-3-5-7-11)10-18-9-12-8-13(16)15(17)20-12/h3-8,14,18H,9-10H2,1-2H3. The highest BCUT2D eigenvalue weighted by molar-refractivity contribution is 9.13. The molecule has 5 heteroatoms. The van der Waals surface area contributed by atoms with Gasteiger partial charge in [-0.2, -0.15) is 0 Å². The molecule has 1 N–H and O–H groups in total. The van der Waals surface area contributed by atoms with Gasteiger partial charge >= 0.3 is 0 Å². The number of nitrogens with one attached hydrogen (secondary N) is 1. The van der Waals surface area contributed by atoms with Crippen LogP contribution in [-0.4, -0.2) is 25.5 Å². The van der Waals surface area contributed by atoms with Crippen molar-refractivity contribution in [3.05, 3.63) is 56.9 Å². The zero-order valence-corrected chi connectivity index (χ0v) is 14.7. The number of hydrogen-bond acceptors (Lipinski definition) is 3. The molecule has 0 spiro atoms. The lowest BCUT2D eigenvalue weighted by atomic mass is 10.1. The van der Waals surface area contributed by atoms with E-state index < -0.39 is 0 Å². The van der Waals surface area contributed by atoms with Crippen molar-refractivity contribution in [1.82, 2.24) is 10.2 Å². The molecule has 2 aromatic rings. The average Bonchev–Trinajstić information content (AvgIpc) is 2.74. The summed E-state index contributed by atoms with van der Waals surface area (Å²) in [6.45, 7) is 1.58. The van der Waals surface area contributed by atoms with Crippen molar-refractivity contribution in [2.24, 2.45) is 0 Å². The van der Waals surface area contributed by atoms with Crippen LogP contribution in [0.15, 0.2) is 50.0 Å². The number of halogens is 2. The lowest BCUT2D eigenvalue weighted by Gasteiger charge is -2.25. The Morgan fingerprint density at radius 3 is 2.45 bits per heavy atom. The Balaban J connectivity index is 1.93. The van der Waals surface area contributed by atoms with Crippen molar-refractivity contribution in [2.45, 2.75) is 12.6 Å². The smallest absolute Gasteiger partial charge is 0.183 e. The third kappa shape index (κ3) is 4.19. The van der Waals surface area contributed by atoms with Crippen molar-refractivity contribution < 1.29 is 4.42 Å². The first-order valence-electron chi connectivity index (χ1n) is 6.43. The quantitative estimate of drug-likeness (QED) is 0.786. The third-order valence-corrected chi connectivity index (χ3v) is 4.85. The fraction of sp³-hybridized carbons (Fsp3) is 0.333. The molecule has 0 radical (unpaired) electrons. The number of benzene rings is 1. The summed E-state index contributed by atoms with van der Waals surface area (Å²) in [4.78, 5) is 2.22. The fourth-order valence-corrected chi connectivity index (χ4v) is 2.74. The number of furan rings is 1. The SMILES string of the molecule is CN(C)C(CNCc1cc(Br)c(Br)o1)c1ccccc1. The molecule has 3 nitrogen and oxygen atoms in total. The minimum Gasteiger partial charge on any atom is -0.452 e. The molecule has 1 atom stereocenters. The van der Waals surface area contributed by atoms with E-state index in [1.165, 1.54) is 5.56 Å². The normalized spacial score (nSPS) is 12.8. The minimum atomic E-state index is 0.345. The van der Waals surface area contributed by atoms with E-state index in [-0.39, 0.29) is 0 Å². The Bertz CT molecular complexity index is 521. The molecule has 1 unspecified atom stereocenters. The highest BCUT2D eigenvalue weighted by Gasteiger charge is 2.13. The molecule has 108 valence electrons. The lowest BCUT2D eigenvalue weighted by molar-refractivity contribution is 0.285. The predicted octanol–water partition coefficient (Wildman–Crippen LogP) is 4.20. The molecular weight excluding hydrogens is 384 g/mol. The Morgan fingerprint density at radius 1 is 1.20 bits per heavy atom. The summed E-state index contributed by atoms with van der Waals surface area (Å²) in [6.07, 6.45) is 0. The molecule has 0 aliphatic heterocycles. The van der Waals surface area contributed by atoms with Crippen molar-refractivity contribution in [3.63, 3.8) is 0 Å². The number of nitrogens with zero attached hydrogens (tertiary/aromatic N) is 1. The molecule has 0 bridgehead atoms. The van der Waals surface area contributed by atoms with E-state index in [4.69, 9.17) is 4.42 Å². The van der Waals surface area contributed by atoms with Crippen molar-refractivity contribution in [2.75, 3.05) is 20.6 Å². The van der Waals surface area contributed by atoms with Gasteiger partial charge in [0.15, 0.2) is 4.67 Å². The van der Waals surface area contributed by atoms with E-state index in [1.54, 1.807) is 0 Å². The van der Waals surface area contributed by atoms with Crippen LogP contribution in [0.2, 0.25) is 0 Å². The van der Waals surface area contributed by atoms with Crippen molar-refractivity contribution in [1.29, 1.82) is 0 Å². The first-order valence-corrected chi connectivity index (χ1v) is 8.02. The molecule has 20 heavy (non-hydrogen) atoms. The van der Waals surface area contributed by atoms with Crippen LogP contribution in [-0.2, 0) is 6.54 Å². The summed E-state index contributed by atoms with van der Waals surface area (Å²) < 4.78 is 7.24. The lowest BCUT2D eigenvalue weighted by Crippen LogP contribution is -2.30. The van der Waals surface area contributed by atoms with Gasteiger partial charge in [-0.25, -0.2) is 0 Å². The highest BCUT2D eigenvalue weighted by atomic mass is 79.9. The first kappa shape index (κ1) is 15.8. The summed E-state index contributed by atoms with van der Waals surface area (Å²) >= 11 is 6.77. The van der Waals surface area contributed by atoms with Crippen molar-refractivity contribution in [3.8, 4) is 0 Å². The highest BCUT2D eigenvalue weighted by Crippen LogP contribution is 2.26. The van der Waals surface area contributed by atoms with Crippen LogP contribution in [0.25, 0.3) is 0 Å². The number of rotatable bonds is 6. The van der Waals surface area contributed by atoms with Crippen LogP contribution >= 0.6 is 31.9 Å². The van der Waals surface area contributed by atoms with E-state index in [2.05, 4.69) is 80.4 Å². The van der Waals surface area contributed by atoms with Gasteiger partial charge in [-0.1, -0.05) is 30.3 Å². The monoisotopic (exact) mass is 400 g/mol. The third-order valence-electron chi connectivity index (χ3n) is 3.14. The fourth-order valence-electron chi connectivity index (χ4n) is 2.08. The van der Waals surface area contributed by atoms with Gasteiger partial charge in [-0.3, -0.25) is 0 Å². The summed E-state index contributed by atoms with van der Waals surface area (Å²) in [5.41, 5.74) is 1.31. The molecule has 1 aromatic heterocycles. The second-order valence-electron chi connectivity index (χ2n) is 4.86. The molecule has 1 aromatic carbocycles. The Morgan fingerprint density at radius 2 is 1.90 bits per heavy atom. The van der Waals surface area contributed by atoms with Crippen LogP contribution in [0, 0.1) is 0 Å². The molecule has 0 aliphatic carbocycles. The second-order valence-corrected chi connectivity index (χ2v) is 6.43. The number of likely N-dealkylation sites (N-methyl/N-ethyl adjacent to an activating group) is 1. The van der Waals surface area contributed by atoms with E-state index in [1.807, 2.05) is 12.1 Å². The van der Waals surface area contributed by atoms with Crippen molar-refractivity contribution >= 4 is 31.9 Å². The zero-order chi connectivity index (χ0) is 14.5. The first-order chi connectivity index (χ1) is 9.58. The van der Waals surface area contributed by atoms with Gasteiger partial charge in [0.1, 0.15) is 5.76 Å². The van der Waals surface area contributed by atoms with Crippen LogP contribution in [0.5, 0.6) is 0 Å². The van der Waals surface area contributed by atoms with Gasteiger partial charge < -0.3 is 14.6 Å². The Kier molecular flexibility index (Phi) is 5.84.